The maximum Gasteiger partial charge on any atom is 0.251 e. The average molecular weight is 339 g/mol. The SMILES string of the molecule is CO[C@H](CNC(=O)c1ccc2c(c1)OCO2)c1cc2ccccc2o1. The number of ether oxygens (including phenoxy) is 3. The molecule has 0 fully saturated rings. The Morgan fingerprint density at radius 3 is 2.84 bits per heavy atom. The number of carbonyl (C=O) groups is 1. The van der Waals surface area contributed by atoms with Crippen LogP contribution in [0.15, 0.2) is 52.9 Å². The van der Waals surface area contributed by atoms with Crippen molar-refractivity contribution in [2.45, 2.75) is 6.10 Å². The summed E-state index contributed by atoms with van der Waals surface area (Å²) >= 11 is 0. The molecule has 4 rings (SSSR count). The minimum atomic E-state index is -0.370. The summed E-state index contributed by atoms with van der Waals surface area (Å²) < 4.78 is 21.8. The molecule has 1 N–H and O–H groups in total. The van der Waals surface area contributed by atoms with Gasteiger partial charge in [-0.2, -0.15) is 0 Å². The first kappa shape index (κ1) is 15.5. The summed E-state index contributed by atoms with van der Waals surface area (Å²) in [6, 6.07) is 14.8. The first-order valence-electron chi connectivity index (χ1n) is 7.94. The highest BCUT2D eigenvalue weighted by atomic mass is 16.7. The minimum Gasteiger partial charge on any atom is -0.458 e. The molecule has 1 aliphatic rings. The molecule has 2 aromatic carbocycles. The first-order valence-corrected chi connectivity index (χ1v) is 7.94. The zero-order valence-electron chi connectivity index (χ0n) is 13.7. The Hall–Kier alpha value is -2.99. The fraction of sp³-hybridized carbons (Fsp3) is 0.211. The quantitative estimate of drug-likeness (QED) is 0.772. The third-order valence-corrected chi connectivity index (χ3v) is 4.13. The molecule has 0 saturated carbocycles. The first-order chi connectivity index (χ1) is 12.2. The van der Waals surface area contributed by atoms with Crippen LogP contribution in [0.5, 0.6) is 11.5 Å². The third kappa shape index (κ3) is 3.04. The van der Waals surface area contributed by atoms with Crippen molar-refractivity contribution >= 4 is 16.9 Å². The molecule has 0 unspecified atom stereocenters. The predicted molar refractivity (Wildman–Crippen MR) is 90.9 cm³/mol. The number of rotatable bonds is 5. The number of methoxy groups -OCH3 is 1. The van der Waals surface area contributed by atoms with E-state index in [4.69, 9.17) is 18.6 Å². The number of hydrogen-bond acceptors (Lipinski definition) is 5. The number of amides is 1. The van der Waals surface area contributed by atoms with Crippen molar-refractivity contribution in [1.82, 2.24) is 5.32 Å². The number of para-hydroxylation sites is 1. The van der Waals surface area contributed by atoms with E-state index in [0.29, 0.717) is 29.4 Å². The van der Waals surface area contributed by atoms with Gasteiger partial charge in [-0.25, -0.2) is 0 Å². The van der Waals surface area contributed by atoms with Crippen molar-refractivity contribution in [1.29, 1.82) is 0 Å². The molecule has 6 heteroatoms. The Morgan fingerprint density at radius 2 is 2.00 bits per heavy atom. The highest BCUT2D eigenvalue weighted by Gasteiger charge is 2.19. The second-order valence-electron chi connectivity index (χ2n) is 5.69. The molecule has 25 heavy (non-hydrogen) atoms. The summed E-state index contributed by atoms with van der Waals surface area (Å²) in [6.45, 7) is 0.474. The van der Waals surface area contributed by atoms with Crippen LogP contribution in [0, 0.1) is 0 Å². The van der Waals surface area contributed by atoms with Crippen molar-refractivity contribution in [3.63, 3.8) is 0 Å². The van der Waals surface area contributed by atoms with E-state index in [-0.39, 0.29) is 18.8 Å². The van der Waals surface area contributed by atoms with E-state index in [1.165, 1.54) is 0 Å². The van der Waals surface area contributed by atoms with Crippen LogP contribution in [-0.2, 0) is 4.74 Å². The number of carbonyl (C=O) groups excluding carboxylic acids is 1. The number of fused-ring (bicyclic) bond motifs is 2. The lowest BCUT2D eigenvalue weighted by Crippen LogP contribution is -2.29. The van der Waals surface area contributed by atoms with E-state index >= 15 is 0 Å². The maximum absolute atomic E-state index is 12.4. The third-order valence-electron chi connectivity index (χ3n) is 4.13. The summed E-state index contributed by atoms with van der Waals surface area (Å²) in [6.07, 6.45) is -0.370. The van der Waals surface area contributed by atoms with Gasteiger partial charge in [0.15, 0.2) is 11.5 Å². The fourth-order valence-electron chi connectivity index (χ4n) is 2.79. The second-order valence-corrected chi connectivity index (χ2v) is 5.69. The van der Waals surface area contributed by atoms with Gasteiger partial charge in [0, 0.05) is 18.1 Å². The zero-order valence-corrected chi connectivity index (χ0v) is 13.7. The number of benzene rings is 2. The highest BCUT2D eigenvalue weighted by Crippen LogP contribution is 2.32. The van der Waals surface area contributed by atoms with Crippen LogP contribution in [-0.4, -0.2) is 26.4 Å². The molecule has 1 atom stereocenters. The molecule has 128 valence electrons. The minimum absolute atomic E-state index is 0.179. The Labute approximate surface area is 144 Å². The van der Waals surface area contributed by atoms with Crippen molar-refractivity contribution in [2.24, 2.45) is 0 Å². The van der Waals surface area contributed by atoms with Gasteiger partial charge in [-0.3, -0.25) is 4.79 Å². The van der Waals surface area contributed by atoms with Gasteiger partial charge in [-0.05, 0) is 30.3 Å². The molecule has 0 spiro atoms. The summed E-state index contributed by atoms with van der Waals surface area (Å²) in [5.74, 6) is 1.69. The molecular formula is C19H17NO5. The standard InChI is InChI=1S/C19H17NO5/c1-22-18(17-8-12-4-2-3-5-14(12)25-17)10-20-19(21)13-6-7-15-16(9-13)24-11-23-15/h2-9,18H,10-11H2,1H3,(H,20,21)/t18-/m1/s1. The molecule has 0 radical (unpaired) electrons. The van der Waals surface area contributed by atoms with Crippen LogP contribution in [0.2, 0.25) is 0 Å². The van der Waals surface area contributed by atoms with Crippen LogP contribution in [0.25, 0.3) is 11.0 Å². The van der Waals surface area contributed by atoms with Gasteiger partial charge in [0.25, 0.3) is 5.91 Å². The molecule has 0 bridgehead atoms. The van der Waals surface area contributed by atoms with E-state index in [1.807, 2.05) is 30.3 Å². The molecule has 1 aromatic heterocycles. The Kier molecular flexibility index (Phi) is 4.03. The summed E-state index contributed by atoms with van der Waals surface area (Å²) in [5, 5.41) is 3.87. The Balaban J connectivity index is 1.46. The predicted octanol–water partition coefficient (Wildman–Crippen LogP) is 3.28. The summed E-state index contributed by atoms with van der Waals surface area (Å²) in [7, 11) is 1.59. The maximum atomic E-state index is 12.4. The van der Waals surface area contributed by atoms with Crippen molar-refractivity contribution in [2.75, 3.05) is 20.4 Å². The van der Waals surface area contributed by atoms with E-state index in [9.17, 15) is 4.79 Å². The van der Waals surface area contributed by atoms with Gasteiger partial charge in [-0.15, -0.1) is 0 Å². The van der Waals surface area contributed by atoms with Gasteiger partial charge in [0.2, 0.25) is 6.79 Å². The lowest BCUT2D eigenvalue weighted by molar-refractivity contribution is 0.0747. The van der Waals surface area contributed by atoms with Gasteiger partial charge in [-0.1, -0.05) is 18.2 Å². The second kappa shape index (κ2) is 6.49. The average Bonchev–Trinajstić information content (AvgIpc) is 3.27. The zero-order chi connectivity index (χ0) is 17.2. The lowest BCUT2D eigenvalue weighted by Gasteiger charge is -2.14. The van der Waals surface area contributed by atoms with E-state index < -0.39 is 0 Å². The van der Waals surface area contributed by atoms with Crippen molar-refractivity contribution in [3.05, 3.63) is 59.9 Å². The van der Waals surface area contributed by atoms with Gasteiger partial charge in [0.1, 0.15) is 17.4 Å². The topological polar surface area (TPSA) is 69.9 Å². The smallest absolute Gasteiger partial charge is 0.251 e. The summed E-state index contributed by atoms with van der Waals surface area (Å²) in [5.41, 5.74) is 1.30. The monoisotopic (exact) mass is 339 g/mol. The molecule has 0 aliphatic carbocycles. The molecule has 1 aliphatic heterocycles. The van der Waals surface area contributed by atoms with Gasteiger partial charge < -0.3 is 23.9 Å². The van der Waals surface area contributed by atoms with Crippen LogP contribution in [0.1, 0.15) is 22.2 Å². The normalized spacial score (nSPS) is 13.8. The van der Waals surface area contributed by atoms with E-state index in [1.54, 1.807) is 25.3 Å². The van der Waals surface area contributed by atoms with Gasteiger partial charge in [0.05, 0.1) is 6.54 Å². The Bertz CT molecular complexity index is 884. The van der Waals surface area contributed by atoms with E-state index in [0.717, 1.165) is 11.0 Å². The van der Waals surface area contributed by atoms with Crippen LogP contribution in [0.3, 0.4) is 0 Å². The number of hydrogen-bond donors (Lipinski definition) is 1. The molecule has 1 amide bonds. The molecule has 0 saturated heterocycles. The van der Waals surface area contributed by atoms with Crippen LogP contribution >= 0.6 is 0 Å². The highest BCUT2D eigenvalue weighted by molar-refractivity contribution is 5.95. The van der Waals surface area contributed by atoms with E-state index in [2.05, 4.69) is 5.32 Å². The number of furan rings is 1. The van der Waals surface area contributed by atoms with Crippen LogP contribution < -0.4 is 14.8 Å². The largest absolute Gasteiger partial charge is 0.458 e. The Morgan fingerprint density at radius 1 is 1.16 bits per heavy atom. The van der Waals surface area contributed by atoms with Crippen molar-refractivity contribution < 1.29 is 23.4 Å². The van der Waals surface area contributed by atoms with Crippen LogP contribution in [0.4, 0.5) is 0 Å². The van der Waals surface area contributed by atoms with Gasteiger partial charge >= 0.3 is 0 Å². The summed E-state index contributed by atoms with van der Waals surface area (Å²) in [4.78, 5) is 12.4. The molecule has 6 nitrogen and oxygen atoms in total. The number of nitrogens with one attached hydrogen (secondary N) is 1. The fourth-order valence-corrected chi connectivity index (χ4v) is 2.79. The van der Waals surface area contributed by atoms with Crippen molar-refractivity contribution in [3.8, 4) is 11.5 Å². The lowest BCUT2D eigenvalue weighted by atomic mass is 10.1. The molecule has 3 aromatic rings. The molecular weight excluding hydrogens is 322 g/mol. The molecule has 2 heterocycles.